The number of hydrogen-bond acceptors (Lipinski definition) is 6. The summed E-state index contributed by atoms with van der Waals surface area (Å²) in [7, 11) is 1.49. The molecular weight excluding hydrogens is 527 g/mol. The Morgan fingerprint density at radius 3 is 2.15 bits per heavy atom. The molecule has 1 saturated heterocycles. The van der Waals surface area contributed by atoms with Crippen molar-refractivity contribution in [1.29, 1.82) is 0 Å². The maximum Gasteiger partial charge on any atom is 0.573 e. The Hall–Kier alpha value is -4.47. The number of alkyl halides is 3. The summed E-state index contributed by atoms with van der Waals surface area (Å²) >= 11 is 0. The van der Waals surface area contributed by atoms with E-state index in [-0.39, 0.29) is 11.3 Å². The number of nitrogens with zero attached hydrogens (tertiary/aromatic N) is 1. The molecule has 0 aliphatic carbocycles. The molecule has 40 heavy (non-hydrogen) atoms. The van der Waals surface area contributed by atoms with Crippen LogP contribution in [-0.2, 0) is 9.59 Å². The summed E-state index contributed by atoms with van der Waals surface area (Å²) in [5.74, 6) is -1.30. The van der Waals surface area contributed by atoms with Crippen molar-refractivity contribution in [1.82, 2.24) is 0 Å². The van der Waals surface area contributed by atoms with Gasteiger partial charge in [-0.2, -0.15) is 0 Å². The molecule has 10 heteroatoms. The van der Waals surface area contributed by atoms with E-state index in [1.54, 1.807) is 49.4 Å². The molecule has 1 amide bonds. The van der Waals surface area contributed by atoms with Gasteiger partial charge in [0.15, 0.2) is 0 Å². The molecule has 0 spiro atoms. The molecule has 3 aromatic rings. The molecule has 1 aliphatic heterocycles. The number of methoxy groups -OCH3 is 1. The molecule has 1 fully saturated rings. The fourth-order valence-electron chi connectivity index (χ4n) is 4.38. The van der Waals surface area contributed by atoms with Crippen LogP contribution in [0.25, 0.3) is 5.76 Å². The van der Waals surface area contributed by atoms with E-state index in [1.165, 1.54) is 19.2 Å². The minimum absolute atomic E-state index is 0.144. The Kier molecular flexibility index (Phi) is 8.08. The second-order valence-corrected chi connectivity index (χ2v) is 9.67. The maximum atomic E-state index is 13.4. The van der Waals surface area contributed by atoms with Crippen LogP contribution in [0.1, 0.15) is 36.6 Å². The number of ketones is 1. The Morgan fingerprint density at radius 2 is 1.60 bits per heavy atom. The van der Waals surface area contributed by atoms with Crippen LogP contribution in [-0.4, -0.2) is 36.9 Å². The summed E-state index contributed by atoms with van der Waals surface area (Å²) in [5, 5.41) is 11.4. The average molecular weight is 556 g/mol. The van der Waals surface area contributed by atoms with Crippen molar-refractivity contribution in [3.05, 3.63) is 89.0 Å². The molecule has 1 heterocycles. The van der Waals surface area contributed by atoms with E-state index in [4.69, 9.17) is 9.47 Å². The van der Waals surface area contributed by atoms with Gasteiger partial charge in [-0.1, -0.05) is 26.0 Å². The van der Waals surface area contributed by atoms with Gasteiger partial charge in [0.05, 0.1) is 25.3 Å². The number of anilines is 1. The number of halogens is 3. The number of carbonyl (C=O) groups is 2. The largest absolute Gasteiger partial charge is 0.573 e. The predicted molar refractivity (Wildman–Crippen MR) is 142 cm³/mol. The molecule has 210 valence electrons. The van der Waals surface area contributed by atoms with E-state index < -0.39 is 35.6 Å². The van der Waals surface area contributed by atoms with Gasteiger partial charge in [-0.15, -0.1) is 13.2 Å². The lowest BCUT2D eigenvalue weighted by Gasteiger charge is -2.26. The van der Waals surface area contributed by atoms with Crippen LogP contribution >= 0.6 is 0 Å². The molecule has 1 aliphatic rings. The van der Waals surface area contributed by atoms with Crippen molar-refractivity contribution in [2.24, 2.45) is 5.92 Å². The van der Waals surface area contributed by atoms with E-state index in [0.29, 0.717) is 35.2 Å². The monoisotopic (exact) mass is 555 g/mol. The number of rotatable bonds is 8. The van der Waals surface area contributed by atoms with E-state index >= 15 is 0 Å². The Morgan fingerprint density at radius 1 is 0.975 bits per heavy atom. The number of ether oxygens (including phenoxy) is 3. The first-order valence-corrected chi connectivity index (χ1v) is 12.4. The Balaban J connectivity index is 1.81. The average Bonchev–Trinajstić information content (AvgIpc) is 3.17. The van der Waals surface area contributed by atoms with Gasteiger partial charge >= 0.3 is 6.36 Å². The van der Waals surface area contributed by atoms with Crippen molar-refractivity contribution in [3.63, 3.8) is 0 Å². The smallest absolute Gasteiger partial charge is 0.507 e. The number of amides is 1. The lowest BCUT2D eigenvalue weighted by Crippen LogP contribution is -2.29. The molecular formula is C30H28F3NO6. The van der Waals surface area contributed by atoms with E-state index in [9.17, 15) is 27.9 Å². The molecule has 0 aromatic heterocycles. The molecule has 1 atom stereocenters. The molecule has 0 saturated carbocycles. The van der Waals surface area contributed by atoms with Gasteiger partial charge in [0, 0.05) is 11.3 Å². The van der Waals surface area contributed by atoms with Gasteiger partial charge < -0.3 is 19.3 Å². The van der Waals surface area contributed by atoms with Crippen LogP contribution in [0, 0.1) is 12.8 Å². The summed E-state index contributed by atoms with van der Waals surface area (Å²) in [4.78, 5) is 27.8. The van der Waals surface area contributed by atoms with Crippen LogP contribution in [0.15, 0.2) is 72.3 Å². The van der Waals surface area contributed by atoms with Gasteiger partial charge in [-0.05, 0) is 78.6 Å². The predicted octanol–water partition coefficient (Wildman–Crippen LogP) is 6.56. The number of hydrogen-bond donors (Lipinski definition) is 1. The SMILES string of the molecule is COc1ccc(C2/C(=C(/O)c3ccc(OCC(C)C)c(C)c3)C(=O)C(=O)N2c2ccc(OC(F)(F)F)cc2)cc1. The van der Waals surface area contributed by atoms with Crippen LogP contribution in [0.5, 0.6) is 17.2 Å². The van der Waals surface area contributed by atoms with Gasteiger partial charge in [-0.3, -0.25) is 14.5 Å². The van der Waals surface area contributed by atoms with Gasteiger partial charge in [0.1, 0.15) is 23.0 Å². The van der Waals surface area contributed by atoms with Crippen LogP contribution in [0.2, 0.25) is 0 Å². The van der Waals surface area contributed by atoms with Gasteiger partial charge in [0.25, 0.3) is 11.7 Å². The number of aliphatic hydroxyl groups is 1. The minimum Gasteiger partial charge on any atom is -0.507 e. The molecule has 4 rings (SSSR count). The summed E-state index contributed by atoms with van der Waals surface area (Å²) < 4.78 is 52.9. The lowest BCUT2D eigenvalue weighted by atomic mass is 9.94. The molecule has 0 bridgehead atoms. The van der Waals surface area contributed by atoms with Crippen LogP contribution in [0.4, 0.5) is 18.9 Å². The zero-order valence-corrected chi connectivity index (χ0v) is 22.3. The normalized spacial score (nSPS) is 16.9. The highest BCUT2D eigenvalue weighted by Gasteiger charge is 2.47. The standard InChI is InChI=1S/C30H28F3NO6/c1-17(2)16-39-24-14-7-20(15-18(24)3)27(35)25-26(19-5-10-22(38-4)11-6-19)34(29(37)28(25)36)21-8-12-23(13-9-21)40-30(31,32)33/h5-15,17,26,35H,16H2,1-4H3/b27-25-. The number of benzene rings is 3. The highest BCUT2D eigenvalue weighted by Crippen LogP contribution is 2.43. The van der Waals surface area contributed by atoms with E-state index in [2.05, 4.69) is 4.74 Å². The summed E-state index contributed by atoms with van der Waals surface area (Å²) in [5.41, 5.74) is 1.48. The van der Waals surface area contributed by atoms with E-state index in [1.807, 2.05) is 13.8 Å². The van der Waals surface area contributed by atoms with Crippen molar-refractivity contribution in [2.45, 2.75) is 33.2 Å². The highest BCUT2D eigenvalue weighted by molar-refractivity contribution is 6.51. The van der Waals surface area contributed by atoms with Crippen LogP contribution < -0.4 is 19.1 Å². The highest BCUT2D eigenvalue weighted by atomic mass is 19.4. The second kappa shape index (κ2) is 11.3. The first-order valence-electron chi connectivity index (χ1n) is 12.4. The first kappa shape index (κ1) is 28.5. The molecule has 0 radical (unpaired) electrons. The first-order chi connectivity index (χ1) is 18.9. The van der Waals surface area contributed by atoms with E-state index in [0.717, 1.165) is 22.6 Å². The van der Waals surface area contributed by atoms with Crippen molar-refractivity contribution in [3.8, 4) is 17.2 Å². The third-order valence-corrected chi connectivity index (χ3v) is 6.24. The fourth-order valence-corrected chi connectivity index (χ4v) is 4.38. The van der Waals surface area contributed by atoms with Gasteiger partial charge in [0.2, 0.25) is 0 Å². The summed E-state index contributed by atoms with van der Waals surface area (Å²) in [6.07, 6.45) is -4.89. The number of aryl methyl sites for hydroxylation is 1. The molecule has 1 unspecified atom stereocenters. The third-order valence-electron chi connectivity index (χ3n) is 6.24. The van der Waals surface area contributed by atoms with Crippen molar-refractivity contribution < 1.29 is 42.1 Å². The Labute approximate surface area is 229 Å². The molecule has 1 N–H and O–H groups in total. The summed E-state index contributed by atoms with van der Waals surface area (Å²) in [6.45, 7) is 6.34. The van der Waals surface area contributed by atoms with Crippen molar-refractivity contribution >= 4 is 23.1 Å². The quantitative estimate of drug-likeness (QED) is 0.192. The third kappa shape index (κ3) is 6.06. The zero-order chi connectivity index (χ0) is 29.2. The van der Waals surface area contributed by atoms with Crippen LogP contribution in [0.3, 0.4) is 0 Å². The number of carbonyl (C=O) groups excluding carboxylic acids is 2. The fraction of sp³-hybridized carbons (Fsp3) is 0.267. The summed E-state index contributed by atoms with van der Waals surface area (Å²) in [6, 6.07) is 15.0. The van der Waals surface area contributed by atoms with Gasteiger partial charge in [-0.25, -0.2) is 0 Å². The minimum atomic E-state index is -4.89. The zero-order valence-electron chi connectivity index (χ0n) is 22.3. The van der Waals surface area contributed by atoms with Crippen molar-refractivity contribution in [2.75, 3.05) is 18.6 Å². The molecule has 7 nitrogen and oxygen atoms in total. The topological polar surface area (TPSA) is 85.3 Å². The maximum absolute atomic E-state index is 13.4. The number of aliphatic hydroxyl groups excluding tert-OH is 1. The lowest BCUT2D eigenvalue weighted by molar-refractivity contribution is -0.274. The Bertz CT molecular complexity index is 1430. The number of Topliss-reactive ketones (excluding diaryl/α,β-unsaturated/α-hetero) is 1. The molecule has 3 aromatic carbocycles. The second-order valence-electron chi connectivity index (χ2n) is 9.67.